The van der Waals surface area contributed by atoms with Crippen LogP contribution in [0.5, 0.6) is 28.7 Å². The van der Waals surface area contributed by atoms with Gasteiger partial charge in [-0.3, -0.25) is 0 Å². The quantitative estimate of drug-likeness (QED) is 0.0988. The van der Waals surface area contributed by atoms with E-state index in [2.05, 4.69) is 13.8 Å². The van der Waals surface area contributed by atoms with Gasteiger partial charge in [0.05, 0.1) is 5.56 Å². The molecule has 8 heteroatoms. The lowest BCUT2D eigenvalue weighted by molar-refractivity contribution is 0.0734. The number of aryl methyl sites for hydroxylation is 1. The van der Waals surface area contributed by atoms with Crippen LogP contribution in [0.1, 0.15) is 40.9 Å². The minimum Gasteiger partial charge on any atom is -0.423 e. The van der Waals surface area contributed by atoms with Crippen molar-refractivity contribution in [1.82, 2.24) is 0 Å². The van der Waals surface area contributed by atoms with Crippen LogP contribution in [-0.2, 0) is 5.41 Å². The van der Waals surface area contributed by atoms with E-state index in [4.69, 9.17) is 23.7 Å². The molecule has 0 heterocycles. The van der Waals surface area contributed by atoms with Crippen LogP contribution in [0.15, 0.2) is 127 Å². The number of hydrogen-bond acceptors (Lipinski definition) is 8. The summed E-state index contributed by atoms with van der Waals surface area (Å²) in [7, 11) is 0. The Bertz CT molecular complexity index is 1790. The number of esters is 1. The van der Waals surface area contributed by atoms with Crippen LogP contribution in [-0.4, -0.2) is 18.3 Å². The molecule has 5 aromatic carbocycles. The first kappa shape index (κ1) is 30.6. The zero-order chi connectivity index (χ0) is 31.8. The molecule has 0 atom stereocenters. The summed E-state index contributed by atoms with van der Waals surface area (Å²) in [5.41, 5.74) is 2.89. The molecule has 0 aliphatic carbocycles. The van der Waals surface area contributed by atoms with Gasteiger partial charge in [0.1, 0.15) is 28.7 Å². The number of carbonyl (C=O) groups is 3. The maximum atomic E-state index is 12.5. The molecule has 0 aromatic heterocycles. The second-order valence-corrected chi connectivity index (χ2v) is 10.6. The Labute approximate surface area is 260 Å². The topological polar surface area (TPSA) is 97.4 Å². The molecule has 0 aliphatic rings. The van der Waals surface area contributed by atoms with Crippen molar-refractivity contribution >= 4 is 18.3 Å². The molecule has 5 aromatic rings. The molecule has 45 heavy (non-hydrogen) atoms. The SMILES string of the molecule is Cc1cccc(OC(=O)Oc2ccc(C(C)(C)c3ccc(OC(=O)Oc4cccc(OC(=O)c5ccccc5)c4)cc3)cc2)c1. The second-order valence-electron chi connectivity index (χ2n) is 10.6. The maximum Gasteiger partial charge on any atom is 0.519 e. The van der Waals surface area contributed by atoms with Gasteiger partial charge in [0.2, 0.25) is 0 Å². The minimum absolute atomic E-state index is 0.159. The third-order valence-electron chi connectivity index (χ3n) is 6.97. The summed E-state index contributed by atoms with van der Waals surface area (Å²) < 4.78 is 26.6. The van der Waals surface area contributed by atoms with Crippen LogP contribution >= 0.6 is 0 Å². The molecular weight excluding hydrogens is 572 g/mol. The highest BCUT2D eigenvalue weighted by atomic mass is 16.7. The molecule has 5 rings (SSSR count). The van der Waals surface area contributed by atoms with E-state index in [-0.39, 0.29) is 11.5 Å². The number of benzene rings is 5. The molecule has 0 saturated carbocycles. The summed E-state index contributed by atoms with van der Waals surface area (Å²) in [6.45, 7) is 6.01. The van der Waals surface area contributed by atoms with Crippen LogP contribution in [0.25, 0.3) is 0 Å². The van der Waals surface area contributed by atoms with Crippen LogP contribution in [0.2, 0.25) is 0 Å². The summed E-state index contributed by atoms with van der Waals surface area (Å²) in [4.78, 5) is 37.0. The van der Waals surface area contributed by atoms with Crippen molar-refractivity contribution in [1.29, 1.82) is 0 Å². The first-order chi connectivity index (χ1) is 21.7. The van der Waals surface area contributed by atoms with Gasteiger partial charge in [-0.2, -0.15) is 0 Å². The Balaban J connectivity index is 1.15. The normalized spacial score (nSPS) is 10.8. The Morgan fingerprint density at radius 3 is 1.42 bits per heavy atom. The molecule has 0 aliphatic heterocycles. The molecule has 8 nitrogen and oxygen atoms in total. The monoisotopic (exact) mass is 602 g/mol. The highest BCUT2D eigenvalue weighted by molar-refractivity contribution is 5.91. The largest absolute Gasteiger partial charge is 0.519 e. The predicted octanol–water partition coefficient (Wildman–Crippen LogP) is 8.70. The van der Waals surface area contributed by atoms with Gasteiger partial charge >= 0.3 is 18.3 Å². The predicted molar refractivity (Wildman–Crippen MR) is 167 cm³/mol. The Hall–Kier alpha value is -5.89. The first-order valence-corrected chi connectivity index (χ1v) is 14.1. The van der Waals surface area contributed by atoms with Crippen LogP contribution in [0, 0.1) is 6.92 Å². The van der Waals surface area contributed by atoms with Crippen molar-refractivity contribution < 1.29 is 38.1 Å². The fourth-order valence-corrected chi connectivity index (χ4v) is 4.49. The molecule has 0 spiro atoms. The molecule has 0 bridgehead atoms. The van der Waals surface area contributed by atoms with E-state index in [9.17, 15) is 14.4 Å². The highest BCUT2D eigenvalue weighted by Crippen LogP contribution is 2.33. The van der Waals surface area contributed by atoms with Crippen molar-refractivity contribution in [3.8, 4) is 28.7 Å². The maximum absolute atomic E-state index is 12.5. The lowest BCUT2D eigenvalue weighted by Crippen LogP contribution is -2.19. The highest BCUT2D eigenvalue weighted by Gasteiger charge is 2.24. The second kappa shape index (κ2) is 13.6. The van der Waals surface area contributed by atoms with E-state index in [0.717, 1.165) is 16.7 Å². The van der Waals surface area contributed by atoms with Crippen molar-refractivity contribution in [3.63, 3.8) is 0 Å². The van der Waals surface area contributed by atoms with Crippen molar-refractivity contribution in [2.24, 2.45) is 0 Å². The Morgan fingerprint density at radius 2 is 0.911 bits per heavy atom. The number of hydrogen-bond donors (Lipinski definition) is 0. The van der Waals surface area contributed by atoms with Crippen molar-refractivity contribution in [3.05, 3.63) is 150 Å². The lowest BCUT2D eigenvalue weighted by Gasteiger charge is -2.26. The zero-order valence-electron chi connectivity index (χ0n) is 24.9. The van der Waals surface area contributed by atoms with Gasteiger partial charge in [0, 0.05) is 11.5 Å². The van der Waals surface area contributed by atoms with E-state index in [1.54, 1.807) is 91.0 Å². The summed E-state index contributed by atoms with van der Waals surface area (Å²) >= 11 is 0. The van der Waals surface area contributed by atoms with E-state index in [1.165, 1.54) is 6.07 Å². The van der Waals surface area contributed by atoms with Gasteiger partial charge < -0.3 is 23.7 Å². The smallest absolute Gasteiger partial charge is 0.423 e. The van der Waals surface area contributed by atoms with Crippen LogP contribution in [0.4, 0.5) is 9.59 Å². The molecule has 0 amide bonds. The molecule has 0 unspecified atom stereocenters. The fourth-order valence-electron chi connectivity index (χ4n) is 4.49. The summed E-state index contributed by atoms with van der Waals surface area (Å²) in [6, 6.07) is 36.1. The molecule has 0 radical (unpaired) electrons. The Kier molecular flexibility index (Phi) is 9.24. The number of ether oxygens (including phenoxy) is 5. The van der Waals surface area contributed by atoms with Crippen molar-refractivity contribution in [2.75, 3.05) is 0 Å². The van der Waals surface area contributed by atoms with E-state index >= 15 is 0 Å². The van der Waals surface area contributed by atoms with Gasteiger partial charge in [0.15, 0.2) is 0 Å². The molecule has 0 fully saturated rings. The third-order valence-corrected chi connectivity index (χ3v) is 6.97. The summed E-state index contributed by atoms with van der Waals surface area (Å²) in [5, 5.41) is 0. The van der Waals surface area contributed by atoms with Gasteiger partial charge in [0.25, 0.3) is 0 Å². The first-order valence-electron chi connectivity index (χ1n) is 14.1. The van der Waals surface area contributed by atoms with Gasteiger partial charge in [-0.05, 0) is 84.3 Å². The van der Waals surface area contributed by atoms with Crippen LogP contribution < -0.4 is 23.7 Å². The summed E-state index contributed by atoms with van der Waals surface area (Å²) in [6.07, 6.45) is -1.76. The van der Waals surface area contributed by atoms with E-state index in [1.807, 2.05) is 37.3 Å². The molecular formula is C37H30O8. The number of rotatable bonds is 8. The standard InChI is InChI=1S/C37H30O8/c1-25-9-7-12-31(23-25)44-35(39)42-29-19-15-27(16-20-29)37(2,3)28-17-21-30(22-18-28)43-36(40)45-33-14-8-13-32(24-33)41-34(38)26-10-5-4-6-11-26/h4-24H,1-3H3. The van der Waals surface area contributed by atoms with Crippen molar-refractivity contribution in [2.45, 2.75) is 26.2 Å². The average molecular weight is 603 g/mol. The third kappa shape index (κ3) is 8.14. The van der Waals surface area contributed by atoms with E-state index < -0.39 is 23.7 Å². The van der Waals surface area contributed by atoms with Gasteiger partial charge in [-0.25, -0.2) is 14.4 Å². The zero-order valence-corrected chi connectivity index (χ0v) is 24.9. The van der Waals surface area contributed by atoms with Crippen LogP contribution in [0.3, 0.4) is 0 Å². The molecule has 0 saturated heterocycles. The number of carbonyl (C=O) groups excluding carboxylic acids is 3. The molecule has 226 valence electrons. The summed E-state index contributed by atoms with van der Waals surface area (Å²) in [5.74, 6) is 0.918. The molecule has 0 N–H and O–H groups in total. The Morgan fingerprint density at radius 1 is 0.467 bits per heavy atom. The van der Waals surface area contributed by atoms with E-state index in [0.29, 0.717) is 22.8 Å². The fraction of sp³-hybridized carbons (Fsp3) is 0.108. The average Bonchev–Trinajstić information content (AvgIpc) is 3.02. The lowest BCUT2D eigenvalue weighted by atomic mass is 9.78. The van der Waals surface area contributed by atoms with Gasteiger partial charge in [-0.1, -0.05) is 74.5 Å². The minimum atomic E-state index is -0.940. The van der Waals surface area contributed by atoms with Gasteiger partial charge in [-0.15, -0.1) is 0 Å².